The summed E-state index contributed by atoms with van der Waals surface area (Å²) in [7, 11) is 0. The normalized spacial score (nSPS) is 9.45. The zero-order valence-electron chi connectivity index (χ0n) is 11.3. The van der Waals surface area contributed by atoms with Crippen molar-refractivity contribution in [2.45, 2.75) is 6.92 Å². The number of carboxylic acid groups (broad SMARTS) is 1. The molecule has 0 unspecified atom stereocenters. The van der Waals surface area contributed by atoms with Crippen LogP contribution in [0.3, 0.4) is 0 Å². The fraction of sp³-hybridized carbons (Fsp3) is 0.0667. The molecule has 1 radical (unpaired) electrons. The van der Waals surface area contributed by atoms with E-state index < -0.39 is 11.9 Å². The molecule has 2 aromatic rings. The van der Waals surface area contributed by atoms with Gasteiger partial charge in [-0.3, -0.25) is 0 Å². The fourth-order valence-corrected chi connectivity index (χ4v) is 1.58. The van der Waals surface area contributed by atoms with Gasteiger partial charge in [-0.1, -0.05) is 24.3 Å². The average Bonchev–Trinajstić information content (AvgIpc) is 2.42. The Bertz CT molecular complexity index is 623. The van der Waals surface area contributed by atoms with Crippen LogP contribution in [0.2, 0.25) is 0 Å². The minimum atomic E-state index is -1.06. The van der Waals surface area contributed by atoms with Gasteiger partial charge in [-0.2, -0.15) is 0 Å². The van der Waals surface area contributed by atoms with Crippen LogP contribution in [-0.2, 0) is 0 Å². The van der Waals surface area contributed by atoms with Crippen molar-refractivity contribution < 1.29 is 19.4 Å². The summed E-state index contributed by atoms with van der Waals surface area (Å²) < 4.78 is 5.22. The minimum absolute atomic E-state index is 0. The number of esters is 1. The van der Waals surface area contributed by atoms with Gasteiger partial charge >= 0.3 is 11.9 Å². The van der Waals surface area contributed by atoms with E-state index in [0.717, 1.165) is 0 Å². The molecule has 2 aromatic carbocycles. The molecule has 0 aliphatic carbocycles. The third-order valence-electron chi connectivity index (χ3n) is 2.65. The summed E-state index contributed by atoms with van der Waals surface area (Å²) in [6.45, 7) is 1.75. The van der Waals surface area contributed by atoms with Gasteiger partial charge in [-0.15, -0.1) is 0 Å². The molecule has 0 spiro atoms. The van der Waals surface area contributed by atoms with Crippen molar-refractivity contribution in [3.05, 3.63) is 65.2 Å². The van der Waals surface area contributed by atoms with Crippen molar-refractivity contribution in [2.24, 2.45) is 0 Å². The number of rotatable bonds is 3. The molecule has 20 heavy (non-hydrogen) atoms. The van der Waals surface area contributed by atoms with E-state index in [4.69, 9.17) is 9.84 Å². The summed E-state index contributed by atoms with van der Waals surface area (Å²) in [5.41, 5.74) is 1.21. The zero-order valence-corrected chi connectivity index (χ0v) is 13.3. The molecule has 97 valence electrons. The van der Waals surface area contributed by atoms with Crippen LogP contribution in [0.25, 0.3) is 0 Å². The Morgan fingerprint density at radius 3 is 2.25 bits per heavy atom. The summed E-state index contributed by atoms with van der Waals surface area (Å²) in [5.74, 6) is -1.31. The molecule has 4 nitrogen and oxygen atoms in total. The number of ether oxygens (including phenoxy) is 1. The molecule has 0 heterocycles. The first kappa shape index (κ1) is 16.4. The number of carbonyl (C=O) groups excluding carboxylic acids is 1. The van der Waals surface area contributed by atoms with Crippen LogP contribution in [0, 0.1) is 6.92 Å². The quantitative estimate of drug-likeness (QED) is 0.532. The van der Waals surface area contributed by atoms with E-state index in [2.05, 4.69) is 0 Å². The maximum atomic E-state index is 11.9. The largest absolute Gasteiger partial charge is 0.478 e. The third kappa shape index (κ3) is 3.93. The molecule has 0 atom stereocenters. The Kier molecular flexibility index (Phi) is 5.95. The second-order valence-electron chi connectivity index (χ2n) is 4.04. The summed E-state index contributed by atoms with van der Waals surface area (Å²) in [4.78, 5) is 22.8. The number of aromatic carboxylic acids is 1. The van der Waals surface area contributed by atoms with Gasteiger partial charge in [0.2, 0.25) is 0 Å². The predicted molar refractivity (Wildman–Crippen MR) is 75.3 cm³/mol. The van der Waals surface area contributed by atoms with Gasteiger partial charge < -0.3 is 9.84 Å². The van der Waals surface area contributed by atoms with E-state index in [1.807, 2.05) is 0 Å². The molecule has 5 heteroatoms. The van der Waals surface area contributed by atoms with Crippen LogP contribution in [0.1, 0.15) is 26.3 Å². The number of carboxylic acids is 1. The molecule has 0 saturated heterocycles. The van der Waals surface area contributed by atoms with Crippen molar-refractivity contribution >= 4 is 41.5 Å². The SMILES string of the molecule is Cc1ccc(C(=O)O)cc1OC(=O)c1ccccc1.[Na]. The Labute approximate surface area is 138 Å². The van der Waals surface area contributed by atoms with Crippen molar-refractivity contribution in [1.82, 2.24) is 0 Å². The van der Waals surface area contributed by atoms with Crippen LogP contribution in [-0.4, -0.2) is 46.6 Å². The number of benzene rings is 2. The van der Waals surface area contributed by atoms with Crippen molar-refractivity contribution in [2.75, 3.05) is 0 Å². The minimum Gasteiger partial charge on any atom is -0.478 e. The van der Waals surface area contributed by atoms with Crippen LogP contribution in [0.5, 0.6) is 5.75 Å². The van der Waals surface area contributed by atoms with Gasteiger partial charge in [0.15, 0.2) is 0 Å². The van der Waals surface area contributed by atoms with E-state index in [-0.39, 0.29) is 40.9 Å². The predicted octanol–water partition coefficient (Wildman–Crippen LogP) is 2.53. The summed E-state index contributed by atoms with van der Waals surface area (Å²) in [5, 5.41) is 8.91. The molecule has 0 amide bonds. The Hall–Kier alpha value is -1.62. The van der Waals surface area contributed by atoms with E-state index >= 15 is 0 Å². The molecular weight excluding hydrogens is 267 g/mol. The van der Waals surface area contributed by atoms with Crippen molar-refractivity contribution in [1.29, 1.82) is 0 Å². The van der Waals surface area contributed by atoms with Gasteiger partial charge in [-0.25, -0.2) is 9.59 Å². The van der Waals surface area contributed by atoms with Crippen LogP contribution in [0.15, 0.2) is 48.5 Å². The summed E-state index contributed by atoms with van der Waals surface area (Å²) >= 11 is 0. The molecule has 1 N–H and O–H groups in total. The fourth-order valence-electron chi connectivity index (χ4n) is 1.58. The molecule has 0 aromatic heterocycles. The van der Waals surface area contributed by atoms with Crippen LogP contribution >= 0.6 is 0 Å². The van der Waals surface area contributed by atoms with Gasteiger partial charge in [0, 0.05) is 29.6 Å². The monoisotopic (exact) mass is 279 g/mol. The molecule has 2 rings (SSSR count). The van der Waals surface area contributed by atoms with Gasteiger partial charge in [0.1, 0.15) is 5.75 Å². The Balaban J connectivity index is 0.00000200. The van der Waals surface area contributed by atoms with E-state index in [1.54, 1.807) is 43.3 Å². The first-order valence-electron chi connectivity index (χ1n) is 5.69. The number of aryl methyl sites for hydroxylation is 1. The van der Waals surface area contributed by atoms with E-state index in [0.29, 0.717) is 11.1 Å². The third-order valence-corrected chi connectivity index (χ3v) is 2.65. The molecule has 0 fully saturated rings. The molecular formula is C15H12NaO4. The number of hydrogen-bond acceptors (Lipinski definition) is 3. The zero-order chi connectivity index (χ0) is 13.8. The molecule has 0 aliphatic rings. The van der Waals surface area contributed by atoms with Crippen LogP contribution < -0.4 is 4.74 Å². The Morgan fingerprint density at radius 2 is 1.65 bits per heavy atom. The summed E-state index contributed by atoms with van der Waals surface area (Å²) in [6.07, 6.45) is 0. The van der Waals surface area contributed by atoms with Crippen molar-refractivity contribution in [3.8, 4) is 5.75 Å². The molecule has 0 saturated carbocycles. The average molecular weight is 279 g/mol. The number of carbonyl (C=O) groups is 2. The maximum Gasteiger partial charge on any atom is 0.343 e. The standard InChI is InChI=1S/C15H12O4.Na/c1-10-7-8-12(14(16)17)9-13(10)19-15(18)11-5-3-2-4-6-11;/h2-9H,1H3,(H,16,17);. The smallest absolute Gasteiger partial charge is 0.343 e. The summed E-state index contributed by atoms with van der Waals surface area (Å²) in [6, 6.07) is 13.0. The second-order valence-corrected chi connectivity index (χ2v) is 4.04. The first-order chi connectivity index (χ1) is 9.08. The van der Waals surface area contributed by atoms with Gasteiger partial charge in [-0.05, 0) is 36.8 Å². The Morgan fingerprint density at radius 1 is 1.00 bits per heavy atom. The van der Waals surface area contributed by atoms with Gasteiger partial charge in [0.05, 0.1) is 11.1 Å². The van der Waals surface area contributed by atoms with Crippen molar-refractivity contribution in [3.63, 3.8) is 0 Å². The molecule has 0 aliphatic heterocycles. The maximum absolute atomic E-state index is 11.9. The van der Waals surface area contributed by atoms with E-state index in [9.17, 15) is 9.59 Å². The van der Waals surface area contributed by atoms with Crippen LogP contribution in [0.4, 0.5) is 0 Å². The van der Waals surface area contributed by atoms with Gasteiger partial charge in [0.25, 0.3) is 0 Å². The second kappa shape index (κ2) is 7.24. The topological polar surface area (TPSA) is 63.6 Å². The molecule has 0 bridgehead atoms. The van der Waals surface area contributed by atoms with E-state index in [1.165, 1.54) is 12.1 Å². The number of hydrogen-bond donors (Lipinski definition) is 1. The first-order valence-corrected chi connectivity index (χ1v) is 5.69.